The minimum atomic E-state index is 0.255. The Bertz CT molecular complexity index is 164. The molecule has 2 nitrogen and oxygen atoms in total. The van der Waals surface area contributed by atoms with Crippen LogP contribution < -0.4 is 11.1 Å². The van der Waals surface area contributed by atoms with Crippen LogP contribution >= 0.6 is 0 Å². The lowest BCUT2D eigenvalue weighted by Crippen LogP contribution is -2.54. The second-order valence-corrected chi connectivity index (χ2v) is 5.96. The van der Waals surface area contributed by atoms with E-state index in [2.05, 4.69) is 26.1 Å². The molecule has 1 aliphatic carbocycles. The second kappa shape index (κ2) is 4.63. The summed E-state index contributed by atoms with van der Waals surface area (Å²) in [6.45, 7) is 8.68. The van der Waals surface area contributed by atoms with Crippen molar-refractivity contribution in [3.8, 4) is 0 Å². The minimum absolute atomic E-state index is 0.255. The second-order valence-electron chi connectivity index (χ2n) is 5.96. The van der Waals surface area contributed by atoms with Gasteiger partial charge in [-0.25, -0.2) is 0 Å². The smallest absolute Gasteiger partial charge is 0.0304 e. The van der Waals surface area contributed by atoms with E-state index in [4.69, 9.17) is 5.73 Å². The van der Waals surface area contributed by atoms with Crippen LogP contribution in [0.5, 0.6) is 0 Å². The van der Waals surface area contributed by atoms with Crippen molar-refractivity contribution in [2.75, 3.05) is 13.1 Å². The van der Waals surface area contributed by atoms with Crippen LogP contribution in [-0.4, -0.2) is 18.6 Å². The van der Waals surface area contributed by atoms with Crippen molar-refractivity contribution in [3.63, 3.8) is 0 Å². The number of nitrogens with one attached hydrogen (secondary N) is 1. The predicted molar refractivity (Wildman–Crippen MR) is 62.3 cm³/mol. The molecule has 1 saturated carbocycles. The van der Waals surface area contributed by atoms with Crippen molar-refractivity contribution in [1.82, 2.24) is 5.32 Å². The summed E-state index contributed by atoms with van der Waals surface area (Å²) in [5.41, 5.74) is 6.52. The van der Waals surface area contributed by atoms with Crippen LogP contribution in [0, 0.1) is 5.41 Å². The van der Waals surface area contributed by atoms with E-state index in [1.54, 1.807) is 0 Å². The van der Waals surface area contributed by atoms with Gasteiger partial charge in [0.2, 0.25) is 0 Å². The van der Waals surface area contributed by atoms with Gasteiger partial charge < -0.3 is 11.1 Å². The lowest BCUT2D eigenvalue weighted by Gasteiger charge is -2.39. The molecule has 0 radical (unpaired) electrons. The monoisotopic (exact) mass is 198 g/mol. The lowest BCUT2D eigenvalue weighted by atomic mass is 9.80. The molecule has 0 unspecified atom stereocenters. The van der Waals surface area contributed by atoms with E-state index in [1.165, 1.54) is 32.1 Å². The summed E-state index contributed by atoms with van der Waals surface area (Å²) in [7, 11) is 0. The molecule has 0 aromatic heterocycles. The highest BCUT2D eigenvalue weighted by Gasteiger charge is 2.30. The maximum Gasteiger partial charge on any atom is 0.0304 e. The molecule has 0 spiro atoms. The van der Waals surface area contributed by atoms with Gasteiger partial charge in [0.15, 0.2) is 0 Å². The zero-order chi connectivity index (χ0) is 10.7. The molecule has 2 heteroatoms. The summed E-state index contributed by atoms with van der Waals surface area (Å²) >= 11 is 0. The van der Waals surface area contributed by atoms with E-state index >= 15 is 0 Å². The van der Waals surface area contributed by atoms with Crippen LogP contribution in [0.25, 0.3) is 0 Å². The summed E-state index contributed by atoms with van der Waals surface area (Å²) in [5, 5.41) is 3.70. The van der Waals surface area contributed by atoms with Gasteiger partial charge in [-0.05, 0) is 18.3 Å². The summed E-state index contributed by atoms with van der Waals surface area (Å²) in [4.78, 5) is 0. The average Bonchev–Trinajstić information content (AvgIpc) is 2.15. The highest BCUT2D eigenvalue weighted by molar-refractivity contribution is 4.92. The van der Waals surface area contributed by atoms with Gasteiger partial charge in [0.1, 0.15) is 0 Å². The molecule has 0 atom stereocenters. The van der Waals surface area contributed by atoms with E-state index in [-0.39, 0.29) is 5.54 Å². The highest BCUT2D eigenvalue weighted by atomic mass is 15.0. The molecule has 1 rings (SSSR count). The SMILES string of the molecule is CC(C)(C)CNC1(CN)CCCCC1. The van der Waals surface area contributed by atoms with Crippen molar-refractivity contribution in [3.05, 3.63) is 0 Å². The number of rotatable bonds is 3. The predicted octanol–water partition coefficient (Wildman–Crippen LogP) is 2.28. The molecule has 1 aliphatic rings. The Balaban J connectivity index is 2.44. The summed E-state index contributed by atoms with van der Waals surface area (Å²) < 4.78 is 0. The molecule has 0 aromatic carbocycles. The average molecular weight is 198 g/mol. The van der Waals surface area contributed by atoms with Crippen molar-refractivity contribution in [1.29, 1.82) is 0 Å². The van der Waals surface area contributed by atoms with Crippen LogP contribution in [-0.2, 0) is 0 Å². The Hall–Kier alpha value is -0.0800. The van der Waals surface area contributed by atoms with E-state index in [1.807, 2.05) is 0 Å². The van der Waals surface area contributed by atoms with Crippen LogP contribution in [0.3, 0.4) is 0 Å². The van der Waals surface area contributed by atoms with Gasteiger partial charge in [0, 0.05) is 18.6 Å². The van der Waals surface area contributed by atoms with Crippen molar-refractivity contribution in [2.24, 2.45) is 11.1 Å². The zero-order valence-electron chi connectivity index (χ0n) is 10.0. The maximum atomic E-state index is 5.91. The van der Waals surface area contributed by atoms with Gasteiger partial charge in [0.05, 0.1) is 0 Å². The quantitative estimate of drug-likeness (QED) is 0.730. The fourth-order valence-electron chi connectivity index (χ4n) is 2.13. The zero-order valence-corrected chi connectivity index (χ0v) is 10.0. The van der Waals surface area contributed by atoms with Gasteiger partial charge in [0.25, 0.3) is 0 Å². The minimum Gasteiger partial charge on any atom is -0.329 e. The van der Waals surface area contributed by atoms with Crippen LogP contribution in [0.15, 0.2) is 0 Å². The van der Waals surface area contributed by atoms with E-state index in [0.29, 0.717) is 5.41 Å². The van der Waals surface area contributed by atoms with E-state index < -0.39 is 0 Å². The Morgan fingerprint density at radius 1 is 1.14 bits per heavy atom. The largest absolute Gasteiger partial charge is 0.329 e. The first-order valence-electron chi connectivity index (χ1n) is 5.93. The van der Waals surface area contributed by atoms with E-state index in [9.17, 15) is 0 Å². The molecular formula is C12H26N2. The molecule has 84 valence electrons. The van der Waals surface area contributed by atoms with Crippen molar-refractivity contribution in [2.45, 2.75) is 58.4 Å². The van der Waals surface area contributed by atoms with Gasteiger partial charge in [-0.3, -0.25) is 0 Å². The van der Waals surface area contributed by atoms with Crippen molar-refractivity contribution >= 4 is 0 Å². The third kappa shape index (κ3) is 3.58. The van der Waals surface area contributed by atoms with Gasteiger partial charge in [-0.15, -0.1) is 0 Å². The molecule has 0 aliphatic heterocycles. The van der Waals surface area contributed by atoms with Gasteiger partial charge in [-0.2, -0.15) is 0 Å². The normalized spacial score (nSPS) is 22.3. The summed E-state index contributed by atoms with van der Waals surface area (Å²) in [5.74, 6) is 0. The number of hydrogen-bond donors (Lipinski definition) is 2. The molecule has 14 heavy (non-hydrogen) atoms. The fraction of sp³-hybridized carbons (Fsp3) is 1.00. The van der Waals surface area contributed by atoms with Gasteiger partial charge in [-0.1, -0.05) is 40.0 Å². The molecule has 0 aromatic rings. The third-order valence-corrected chi connectivity index (χ3v) is 3.20. The lowest BCUT2D eigenvalue weighted by molar-refractivity contribution is 0.209. The first-order valence-corrected chi connectivity index (χ1v) is 5.93. The standard InChI is InChI=1S/C12H26N2/c1-11(2,3)10-14-12(9-13)7-5-4-6-8-12/h14H,4-10,13H2,1-3H3. The molecule has 3 N–H and O–H groups in total. The Morgan fingerprint density at radius 3 is 2.14 bits per heavy atom. The van der Waals surface area contributed by atoms with Gasteiger partial charge >= 0.3 is 0 Å². The van der Waals surface area contributed by atoms with Crippen LogP contribution in [0.1, 0.15) is 52.9 Å². The Morgan fingerprint density at radius 2 is 1.71 bits per heavy atom. The molecule has 0 amide bonds. The molecule has 0 saturated heterocycles. The van der Waals surface area contributed by atoms with Crippen molar-refractivity contribution < 1.29 is 0 Å². The molecular weight excluding hydrogens is 172 g/mol. The molecule has 1 fully saturated rings. The Kier molecular flexibility index (Phi) is 3.96. The van der Waals surface area contributed by atoms with Crippen LogP contribution in [0.2, 0.25) is 0 Å². The highest BCUT2D eigenvalue weighted by Crippen LogP contribution is 2.28. The van der Waals surface area contributed by atoms with Crippen LogP contribution in [0.4, 0.5) is 0 Å². The first-order chi connectivity index (χ1) is 6.47. The van der Waals surface area contributed by atoms with E-state index in [0.717, 1.165) is 13.1 Å². The first kappa shape index (κ1) is 12.0. The number of hydrogen-bond acceptors (Lipinski definition) is 2. The summed E-state index contributed by atoms with van der Waals surface area (Å²) in [6.07, 6.45) is 6.60. The Labute approximate surface area is 88.6 Å². The molecule has 0 bridgehead atoms. The third-order valence-electron chi connectivity index (χ3n) is 3.20. The maximum absolute atomic E-state index is 5.91. The number of nitrogens with two attached hydrogens (primary N) is 1. The fourth-order valence-corrected chi connectivity index (χ4v) is 2.13. The summed E-state index contributed by atoms with van der Waals surface area (Å²) in [6, 6.07) is 0. The molecule has 0 heterocycles. The topological polar surface area (TPSA) is 38.0 Å².